The molecule has 1 aliphatic rings. The first kappa shape index (κ1) is 16.7. The van der Waals surface area contributed by atoms with Crippen molar-refractivity contribution in [3.8, 4) is 0 Å². The number of hydrogen-bond acceptors (Lipinski definition) is 5. The van der Waals surface area contributed by atoms with Gasteiger partial charge in [0.05, 0.1) is 13.2 Å². The molecule has 0 aliphatic carbocycles. The average Bonchev–Trinajstić information content (AvgIpc) is 2.54. The Labute approximate surface area is 132 Å². The fraction of sp³-hybridized carbons (Fsp3) is 0.625. The monoisotopic (exact) mass is 306 g/mol. The van der Waals surface area contributed by atoms with E-state index in [2.05, 4.69) is 34.4 Å². The Balaban J connectivity index is 1.77. The third-order valence-electron chi connectivity index (χ3n) is 3.53. The van der Waals surface area contributed by atoms with Gasteiger partial charge in [0, 0.05) is 44.5 Å². The zero-order valence-electron chi connectivity index (χ0n) is 13.5. The maximum atomic E-state index is 12.2. The Kier molecular flexibility index (Phi) is 6.61. The number of aromatic nitrogens is 1. The van der Waals surface area contributed by atoms with E-state index in [9.17, 15) is 4.79 Å². The molecule has 2 heterocycles. The van der Waals surface area contributed by atoms with E-state index >= 15 is 0 Å². The second-order valence-electron chi connectivity index (χ2n) is 5.91. The van der Waals surface area contributed by atoms with Crippen molar-refractivity contribution < 1.29 is 9.53 Å². The summed E-state index contributed by atoms with van der Waals surface area (Å²) in [7, 11) is 0. The number of morpholine rings is 1. The second-order valence-corrected chi connectivity index (χ2v) is 5.91. The van der Waals surface area contributed by atoms with E-state index in [1.54, 1.807) is 18.3 Å². The molecule has 0 unspecified atom stereocenters. The van der Waals surface area contributed by atoms with Crippen LogP contribution in [0.4, 0.5) is 5.82 Å². The minimum atomic E-state index is -0.0525. The van der Waals surface area contributed by atoms with Crippen LogP contribution in [0.5, 0.6) is 0 Å². The summed E-state index contributed by atoms with van der Waals surface area (Å²) in [4.78, 5) is 18.7. The van der Waals surface area contributed by atoms with Crippen molar-refractivity contribution in [1.29, 1.82) is 0 Å². The lowest BCUT2D eigenvalue weighted by Gasteiger charge is -2.26. The molecule has 1 amide bonds. The van der Waals surface area contributed by atoms with Gasteiger partial charge in [-0.05, 0) is 18.1 Å². The van der Waals surface area contributed by atoms with Crippen LogP contribution in [-0.2, 0) is 4.74 Å². The SMILES string of the molecule is CC(C)CNc1cc(C(=O)NCCN2CCOCC2)ccn1. The molecule has 0 bridgehead atoms. The molecule has 0 spiro atoms. The fourth-order valence-electron chi connectivity index (χ4n) is 2.23. The van der Waals surface area contributed by atoms with Gasteiger partial charge in [0.15, 0.2) is 0 Å². The standard InChI is InChI=1S/C16H26N4O2/c1-13(2)12-19-15-11-14(3-4-17-15)16(21)18-5-6-20-7-9-22-10-8-20/h3-4,11,13H,5-10,12H2,1-2H3,(H,17,19)(H,18,21). The van der Waals surface area contributed by atoms with Crippen molar-refractivity contribution in [2.45, 2.75) is 13.8 Å². The van der Waals surface area contributed by atoms with Crippen molar-refractivity contribution in [2.24, 2.45) is 5.92 Å². The third kappa shape index (κ3) is 5.61. The van der Waals surface area contributed by atoms with E-state index in [1.807, 2.05) is 0 Å². The minimum absolute atomic E-state index is 0.0525. The van der Waals surface area contributed by atoms with Gasteiger partial charge in [0.2, 0.25) is 0 Å². The summed E-state index contributed by atoms with van der Waals surface area (Å²) in [5.74, 6) is 1.23. The Morgan fingerprint density at radius 2 is 2.18 bits per heavy atom. The van der Waals surface area contributed by atoms with Crippen molar-refractivity contribution in [1.82, 2.24) is 15.2 Å². The number of anilines is 1. The van der Waals surface area contributed by atoms with Gasteiger partial charge >= 0.3 is 0 Å². The van der Waals surface area contributed by atoms with E-state index in [4.69, 9.17) is 4.74 Å². The molecule has 1 aromatic heterocycles. The van der Waals surface area contributed by atoms with Crippen LogP contribution in [0, 0.1) is 5.92 Å². The summed E-state index contributed by atoms with van der Waals surface area (Å²) in [6.07, 6.45) is 1.67. The Bertz CT molecular complexity index is 473. The Morgan fingerprint density at radius 3 is 2.91 bits per heavy atom. The summed E-state index contributed by atoms with van der Waals surface area (Å²) < 4.78 is 5.31. The second kappa shape index (κ2) is 8.70. The molecule has 1 saturated heterocycles. The van der Waals surface area contributed by atoms with E-state index < -0.39 is 0 Å². The highest BCUT2D eigenvalue weighted by Crippen LogP contribution is 2.07. The van der Waals surface area contributed by atoms with Crippen LogP contribution in [0.25, 0.3) is 0 Å². The number of rotatable bonds is 7. The quantitative estimate of drug-likeness (QED) is 0.793. The molecular weight excluding hydrogens is 280 g/mol. The molecule has 2 N–H and O–H groups in total. The van der Waals surface area contributed by atoms with Gasteiger partial charge in [-0.2, -0.15) is 0 Å². The van der Waals surface area contributed by atoms with Gasteiger partial charge in [0.25, 0.3) is 5.91 Å². The van der Waals surface area contributed by atoms with Crippen LogP contribution in [0.3, 0.4) is 0 Å². The summed E-state index contributed by atoms with van der Waals surface area (Å²) in [6.45, 7) is 10.1. The molecule has 1 fully saturated rings. The van der Waals surface area contributed by atoms with Crippen LogP contribution in [0.1, 0.15) is 24.2 Å². The lowest BCUT2D eigenvalue weighted by atomic mass is 10.2. The molecule has 0 saturated carbocycles. The van der Waals surface area contributed by atoms with Crippen LogP contribution in [0.15, 0.2) is 18.3 Å². The minimum Gasteiger partial charge on any atom is -0.379 e. The van der Waals surface area contributed by atoms with E-state index in [-0.39, 0.29) is 5.91 Å². The number of carbonyl (C=O) groups is 1. The Hall–Kier alpha value is -1.66. The molecular formula is C16H26N4O2. The highest BCUT2D eigenvalue weighted by Gasteiger charge is 2.11. The van der Waals surface area contributed by atoms with Crippen molar-refractivity contribution >= 4 is 11.7 Å². The number of pyridine rings is 1. The van der Waals surface area contributed by atoms with Gasteiger partial charge in [-0.25, -0.2) is 4.98 Å². The highest BCUT2D eigenvalue weighted by molar-refractivity contribution is 5.94. The van der Waals surface area contributed by atoms with Gasteiger partial charge < -0.3 is 15.4 Å². The van der Waals surface area contributed by atoms with E-state index in [0.29, 0.717) is 18.0 Å². The van der Waals surface area contributed by atoms with E-state index in [0.717, 1.165) is 45.2 Å². The summed E-state index contributed by atoms with van der Waals surface area (Å²) in [5, 5.41) is 6.20. The number of nitrogens with zero attached hydrogens (tertiary/aromatic N) is 2. The predicted octanol–water partition coefficient (Wildman–Crippen LogP) is 1.21. The molecule has 0 radical (unpaired) electrons. The normalized spacial score (nSPS) is 15.8. The zero-order chi connectivity index (χ0) is 15.8. The number of amides is 1. The van der Waals surface area contributed by atoms with Gasteiger partial charge in [0.1, 0.15) is 5.82 Å². The molecule has 1 aromatic rings. The number of ether oxygens (including phenoxy) is 1. The molecule has 122 valence electrons. The molecule has 22 heavy (non-hydrogen) atoms. The maximum Gasteiger partial charge on any atom is 0.251 e. The van der Waals surface area contributed by atoms with Crippen molar-refractivity contribution in [3.63, 3.8) is 0 Å². The number of hydrogen-bond donors (Lipinski definition) is 2. The average molecular weight is 306 g/mol. The zero-order valence-corrected chi connectivity index (χ0v) is 13.5. The molecule has 6 heteroatoms. The summed E-state index contributed by atoms with van der Waals surface area (Å²) in [6, 6.07) is 3.54. The van der Waals surface area contributed by atoms with E-state index in [1.165, 1.54) is 0 Å². The number of nitrogens with one attached hydrogen (secondary N) is 2. The first-order chi connectivity index (χ1) is 10.6. The van der Waals surface area contributed by atoms with Crippen molar-refractivity contribution in [3.05, 3.63) is 23.9 Å². The Morgan fingerprint density at radius 1 is 1.41 bits per heavy atom. The summed E-state index contributed by atoms with van der Waals surface area (Å²) >= 11 is 0. The van der Waals surface area contributed by atoms with Crippen LogP contribution < -0.4 is 10.6 Å². The fourth-order valence-corrected chi connectivity index (χ4v) is 2.23. The lowest BCUT2D eigenvalue weighted by Crippen LogP contribution is -2.41. The van der Waals surface area contributed by atoms with Gasteiger partial charge in [-0.15, -0.1) is 0 Å². The summed E-state index contributed by atoms with van der Waals surface area (Å²) in [5.41, 5.74) is 0.642. The van der Waals surface area contributed by atoms with Gasteiger partial charge in [-0.3, -0.25) is 9.69 Å². The molecule has 2 rings (SSSR count). The maximum absolute atomic E-state index is 12.2. The largest absolute Gasteiger partial charge is 0.379 e. The third-order valence-corrected chi connectivity index (χ3v) is 3.53. The first-order valence-corrected chi connectivity index (χ1v) is 7.93. The van der Waals surface area contributed by atoms with Crippen LogP contribution >= 0.6 is 0 Å². The van der Waals surface area contributed by atoms with Crippen molar-refractivity contribution in [2.75, 3.05) is 51.3 Å². The van der Waals surface area contributed by atoms with Gasteiger partial charge in [-0.1, -0.05) is 13.8 Å². The molecule has 0 atom stereocenters. The molecule has 1 aliphatic heterocycles. The first-order valence-electron chi connectivity index (χ1n) is 7.93. The smallest absolute Gasteiger partial charge is 0.251 e. The number of carbonyl (C=O) groups excluding carboxylic acids is 1. The molecule has 6 nitrogen and oxygen atoms in total. The van der Waals surface area contributed by atoms with Crippen LogP contribution in [-0.4, -0.2) is 61.7 Å². The highest BCUT2D eigenvalue weighted by atomic mass is 16.5. The molecule has 0 aromatic carbocycles. The van der Waals surface area contributed by atoms with Crippen LogP contribution in [0.2, 0.25) is 0 Å². The predicted molar refractivity (Wildman–Crippen MR) is 87.2 cm³/mol. The lowest BCUT2D eigenvalue weighted by molar-refractivity contribution is 0.0383. The topological polar surface area (TPSA) is 66.5 Å².